The number of hydrogen-bond donors (Lipinski definition) is 2. The second-order valence-electron chi connectivity index (χ2n) is 6.39. The zero-order valence-corrected chi connectivity index (χ0v) is 16.5. The van der Waals surface area contributed by atoms with Gasteiger partial charge in [0, 0.05) is 23.3 Å². The van der Waals surface area contributed by atoms with Gasteiger partial charge in [-0.15, -0.1) is 0 Å². The van der Waals surface area contributed by atoms with Crippen LogP contribution < -0.4 is 20.1 Å². The van der Waals surface area contributed by atoms with Gasteiger partial charge < -0.3 is 20.1 Å². The number of hydrogen-bond acceptors (Lipinski definition) is 4. The van der Waals surface area contributed by atoms with Gasteiger partial charge in [-0.1, -0.05) is 35.9 Å². The van der Waals surface area contributed by atoms with Crippen molar-refractivity contribution in [1.82, 2.24) is 0 Å². The highest BCUT2D eigenvalue weighted by atomic mass is 16.5. The summed E-state index contributed by atoms with van der Waals surface area (Å²) < 4.78 is 10.8. The van der Waals surface area contributed by atoms with Crippen LogP contribution in [0.5, 0.6) is 11.5 Å². The fourth-order valence-electron chi connectivity index (χ4n) is 2.78. The predicted molar refractivity (Wildman–Crippen MR) is 113 cm³/mol. The number of rotatable bonds is 6. The number of anilines is 2. The third kappa shape index (κ3) is 4.73. The first-order chi connectivity index (χ1) is 14.0. The van der Waals surface area contributed by atoms with Gasteiger partial charge in [0.1, 0.15) is 11.5 Å². The van der Waals surface area contributed by atoms with E-state index in [4.69, 9.17) is 9.47 Å². The van der Waals surface area contributed by atoms with Crippen LogP contribution in [0.25, 0.3) is 0 Å². The Hall–Kier alpha value is -3.80. The number of nitrogens with one attached hydrogen (secondary N) is 2. The maximum atomic E-state index is 12.6. The fraction of sp³-hybridized carbons (Fsp3) is 0.130. The van der Waals surface area contributed by atoms with Crippen molar-refractivity contribution in [2.24, 2.45) is 0 Å². The largest absolute Gasteiger partial charge is 0.494 e. The number of amides is 2. The molecule has 6 nitrogen and oxygen atoms in total. The van der Waals surface area contributed by atoms with Crippen LogP contribution >= 0.6 is 0 Å². The summed E-state index contributed by atoms with van der Waals surface area (Å²) in [6.07, 6.45) is 0. The summed E-state index contributed by atoms with van der Waals surface area (Å²) in [6, 6.07) is 19.3. The molecule has 3 aromatic rings. The summed E-state index contributed by atoms with van der Waals surface area (Å²) in [6.45, 7) is 1.96. The van der Waals surface area contributed by atoms with Crippen LogP contribution in [0.4, 0.5) is 11.4 Å². The van der Waals surface area contributed by atoms with E-state index in [1.54, 1.807) is 48.5 Å². The van der Waals surface area contributed by atoms with Gasteiger partial charge >= 0.3 is 0 Å². The van der Waals surface area contributed by atoms with Crippen LogP contribution in [0.2, 0.25) is 0 Å². The summed E-state index contributed by atoms with van der Waals surface area (Å²) >= 11 is 0. The van der Waals surface area contributed by atoms with Crippen LogP contribution in [0.15, 0.2) is 66.7 Å². The molecule has 0 aliphatic heterocycles. The molecule has 0 aliphatic carbocycles. The van der Waals surface area contributed by atoms with Crippen molar-refractivity contribution in [3.8, 4) is 11.5 Å². The van der Waals surface area contributed by atoms with Gasteiger partial charge in [0.15, 0.2) is 0 Å². The average molecular weight is 390 g/mol. The lowest BCUT2D eigenvalue weighted by Crippen LogP contribution is -2.15. The van der Waals surface area contributed by atoms with E-state index >= 15 is 0 Å². The number of carbonyl (C=O) groups excluding carboxylic acids is 2. The van der Waals surface area contributed by atoms with E-state index in [1.165, 1.54) is 14.2 Å². The van der Waals surface area contributed by atoms with E-state index < -0.39 is 0 Å². The summed E-state index contributed by atoms with van der Waals surface area (Å²) in [5, 5.41) is 5.64. The molecule has 0 unspecified atom stereocenters. The molecule has 148 valence electrons. The van der Waals surface area contributed by atoms with Gasteiger partial charge in [0.05, 0.1) is 25.6 Å². The highest BCUT2D eigenvalue weighted by Crippen LogP contribution is 2.37. The molecular weight excluding hydrogens is 368 g/mol. The van der Waals surface area contributed by atoms with Crippen molar-refractivity contribution in [2.45, 2.75) is 6.92 Å². The molecule has 0 spiro atoms. The molecule has 0 saturated carbocycles. The second kappa shape index (κ2) is 8.93. The highest BCUT2D eigenvalue weighted by Gasteiger charge is 2.16. The lowest BCUT2D eigenvalue weighted by atomic mass is 10.1. The fourth-order valence-corrected chi connectivity index (χ4v) is 2.78. The van der Waals surface area contributed by atoms with Gasteiger partial charge in [-0.2, -0.15) is 0 Å². The maximum absolute atomic E-state index is 12.6. The Kier molecular flexibility index (Phi) is 6.14. The van der Waals surface area contributed by atoms with Crippen molar-refractivity contribution < 1.29 is 19.1 Å². The van der Waals surface area contributed by atoms with E-state index in [-0.39, 0.29) is 11.8 Å². The Labute approximate surface area is 169 Å². The molecule has 2 N–H and O–H groups in total. The van der Waals surface area contributed by atoms with E-state index in [0.717, 1.165) is 5.56 Å². The van der Waals surface area contributed by atoms with Gasteiger partial charge in [0.2, 0.25) is 0 Å². The molecule has 0 aliphatic rings. The molecule has 3 aromatic carbocycles. The molecular formula is C23H22N2O4. The molecule has 0 saturated heterocycles. The Morgan fingerprint density at radius 1 is 0.690 bits per heavy atom. The van der Waals surface area contributed by atoms with Crippen molar-refractivity contribution in [1.29, 1.82) is 0 Å². The van der Waals surface area contributed by atoms with Crippen molar-refractivity contribution in [3.63, 3.8) is 0 Å². The zero-order valence-electron chi connectivity index (χ0n) is 16.5. The third-order valence-corrected chi connectivity index (χ3v) is 4.37. The van der Waals surface area contributed by atoms with E-state index in [1.807, 2.05) is 25.1 Å². The maximum Gasteiger partial charge on any atom is 0.255 e. The summed E-state index contributed by atoms with van der Waals surface area (Å²) in [4.78, 5) is 25.0. The standard InChI is InChI=1S/C23H22N2O4/c1-15-9-11-17(12-10-15)23(27)25-19-14-20(28-2)18(13-21(19)29-3)24-22(26)16-7-5-4-6-8-16/h4-14H,1-3H3,(H,24,26)(H,25,27). The van der Waals surface area contributed by atoms with Crippen LogP contribution in [0, 0.1) is 6.92 Å². The lowest BCUT2D eigenvalue weighted by molar-refractivity contribution is 0.101. The molecule has 29 heavy (non-hydrogen) atoms. The molecule has 0 bridgehead atoms. The summed E-state index contributed by atoms with van der Waals surface area (Å²) in [7, 11) is 2.98. The second-order valence-corrected chi connectivity index (χ2v) is 6.39. The van der Waals surface area contributed by atoms with Crippen LogP contribution in [0.1, 0.15) is 26.3 Å². The molecule has 0 fully saturated rings. The Bertz CT molecular complexity index is 1020. The molecule has 0 aromatic heterocycles. The van der Waals surface area contributed by atoms with Crippen LogP contribution in [-0.2, 0) is 0 Å². The zero-order chi connectivity index (χ0) is 20.8. The normalized spacial score (nSPS) is 10.2. The minimum absolute atomic E-state index is 0.272. The number of methoxy groups -OCH3 is 2. The Morgan fingerprint density at radius 3 is 1.59 bits per heavy atom. The molecule has 6 heteroatoms. The molecule has 0 atom stereocenters. The van der Waals surface area contributed by atoms with E-state index in [0.29, 0.717) is 34.0 Å². The minimum atomic E-state index is -0.276. The summed E-state index contributed by atoms with van der Waals surface area (Å²) in [5.74, 6) is 0.248. The number of benzene rings is 3. The summed E-state index contributed by atoms with van der Waals surface area (Å²) in [5.41, 5.74) is 2.99. The number of aryl methyl sites for hydroxylation is 1. The first kappa shape index (κ1) is 19.9. The van der Waals surface area contributed by atoms with Gasteiger partial charge in [0.25, 0.3) is 11.8 Å². The monoisotopic (exact) mass is 390 g/mol. The number of carbonyl (C=O) groups is 2. The van der Waals surface area contributed by atoms with Gasteiger partial charge in [-0.05, 0) is 31.2 Å². The van der Waals surface area contributed by atoms with Gasteiger partial charge in [-0.3, -0.25) is 9.59 Å². The first-order valence-corrected chi connectivity index (χ1v) is 9.02. The van der Waals surface area contributed by atoms with Crippen LogP contribution in [0.3, 0.4) is 0 Å². The molecule has 0 heterocycles. The molecule has 2 amide bonds. The van der Waals surface area contributed by atoms with Gasteiger partial charge in [-0.25, -0.2) is 0 Å². The number of ether oxygens (including phenoxy) is 2. The van der Waals surface area contributed by atoms with Crippen molar-refractivity contribution in [3.05, 3.63) is 83.4 Å². The van der Waals surface area contributed by atoms with Crippen LogP contribution in [-0.4, -0.2) is 26.0 Å². The minimum Gasteiger partial charge on any atom is -0.494 e. The molecule has 3 rings (SSSR count). The van der Waals surface area contributed by atoms with Crippen molar-refractivity contribution >= 4 is 23.2 Å². The lowest BCUT2D eigenvalue weighted by Gasteiger charge is -2.16. The SMILES string of the molecule is COc1cc(NC(=O)c2ccc(C)cc2)c(OC)cc1NC(=O)c1ccccc1. The van der Waals surface area contributed by atoms with E-state index in [9.17, 15) is 9.59 Å². The smallest absolute Gasteiger partial charge is 0.255 e. The quantitative estimate of drug-likeness (QED) is 0.649. The predicted octanol–water partition coefficient (Wildman–Crippen LogP) is 4.52. The Morgan fingerprint density at radius 2 is 1.14 bits per heavy atom. The first-order valence-electron chi connectivity index (χ1n) is 9.02. The Balaban J connectivity index is 1.86. The highest BCUT2D eigenvalue weighted by molar-refractivity contribution is 6.07. The average Bonchev–Trinajstić information content (AvgIpc) is 2.75. The van der Waals surface area contributed by atoms with Crippen molar-refractivity contribution in [2.75, 3.05) is 24.9 Å². The van der Waals surface area contributed by atoms with E-state index in [2.05, 4.69) is 10.6 Å². The molecule has 0 radical (unpaired) electrons. The third-order valence-electron chi connectivity index (χ3n) is 4.37. The topological polar surface area (TPSA) is 76.7 Å².